The van der Waals surface area contributed by atoms with Gasteiger partial charge in [-0.25, -0.2) is 22.9 Å². The number of carbonyl (C=O) groups is 1. The average molecular weight is 457 g/mol. The molecule has 0 bridgehead atoms. The van der Waals surface area contributed by atoms with Gasteiger partial charge in [0.15, 0.2) is 11.6 Å². The summed E-state index contributed by atoms with van der Waals surface area (Å²) in [5.74, 6) is -0.491. The first-order valence-electron chi connectivity index (χ1n) is 9.84. The van der Waals surface area contributed by atoms with Gasteiger partial charge < -0.3 is 16.0 Å². The highest BCUT2D eigenvalue weighted by molar-refractivity contribution is 7.89. The van der Waals surface area contributed by atoms with E-state index in [9.17, 15) is 17.6 Å². The normalized spacial score (nSPS) is 13.4. The van der Waals surface area contributed by atoms with E-state index in [4.69, 9.17) is 5.14 Å². The van der Waals surface area contributed by atoms with Gasteiger partial charge in [0.1, 0.15) is 0 Å². The van der Waals surface area contributed by atoms with E-state index in [2.05, 4.69) is 25.9 Å². The Hall–Kier alpha value is -3.57. The minimum absolute atomic E-state index is 0.0485. The molecule has 11 heteroatoms. The van der Waals surface area contributed by atoms with Crippen molar-refractivity contribution in [3.05, 3.63) is 66.1 Å². The molecule has 166 valence electrons. The molecule has 9 nitrogen and oxygen atoms in total. The minimum atomic E-state index is -3.87. The molecule has 1 aliphatic rings. The van der Waals surface area contributed by atoms with Crippen LogP contribution in [0, 0.1) is 11.7 Å². The molecule has 1 aromatic heterocycles. The molecule has 5 N–H and O–H groups in total. The summed E-state index contributed by atoms with van der Waals surface area (Å²) in [5.41, 5.74) is 1.82. The molecule has 1 heterocycles. The van der Waals surface area contributed by atoms with Crippen molar-refractivity contribution < 1.29 is 17.6 Å². The Morgan fingerprint density at radius 3 is 2.53 bits per heavy atom. The summed E-state index contributed by atoms with van der Waals surface area (Å²) in [5, 5.41) is 13.8. The van der Waals surface area contributed by atoms with Gasteiger partial charge in [-0.2, -0.15) is 4.98 Å². The second-order valence-corrected chi connectivity index (χ2v) is 8.97. The van der Waals surface area contributed by atoms with E-state index in [1.807, 2.05) is 6.07 Å². The number of nitrogens with one attached hydrogen (secondary N) is 3. The van der Waals surface area contributed by atoms with Crippen LogP contribution in [-0.2, 0) is 21.4 Å². The third kappa shape index (κ3) is 5.56. The zero-order valence-corrected chi connectivity index (χ0v) is 17.7. The maximum Gasteiger partial charge on any atom is 0.238 e. The third-order valence-corrected chi connectivity index (χ3v) is 5.68. The summed E-state index contributed by atoms with van der Waals surface area (Å²) in [7, 11) is -3.87. The number of nitrogens with two attached hydrogens (primary N) is 1. The van der Waals surface area contributed by atoms with Crippen LogP contribution in [0.1, 0.15) is 18.4 Å². The van der Waals surface area contributed by atoms with Crippen molar-refractivity contribution in [1.82, 2.24) is 15.3 Å². The monoisotopic (exact) mass is 456 g/mol. The van der Waals surface area contributed by atoms with Crippen LogP contribution < -0.4 is 21.1 Å². The predicted molar refractivity (Wildman–Crippen MR) is 117 cm³/mol. The van der Waals surface area contributed by atoms with E-state index in [1.54, 1.807) is 24.3 Å². The molecule has 2 aromatic carbocycles. The molecule has 1 fully saturated rings. The molecule has 32 heavy (non-hydrogen) atoms. The van der Waals surface area contributed by atoms with E-state index in [0.717, 1.165) is 24.6 Å². The number of aromatic nitrogens is 2. The summed E-state index contributed by atoms with van der Waals surface area (Å²) in [4.78, 5) is 19.8. The van der Waals surface area contributed by atoms with Crippen molar-refractivity contribution in [1.29, 1.82) is 0 Å². The predicted octanol–water partition coefficient (Wildman–Crippen LogP) is 2.78. The molecule has 0 saturated heterocycles. The van der Waals surface area contributed by atoms with E-state index in [0.29, 0.717) is 17.9 Å². The van der Waals surface area contributed by atoms with E-state index in [-0.39, 0.29) is 28.5 Å². The van der Waals surface area contributed by atoms with Gasteiger partial charge in [-0.15, -0.1) is 0 Å². The van der Waals surface area contributed by atoms with Crippen LogP contribution in [0.25, 0.3) is 0 Å². The molecule has 0 unspecified atom stereocenters. The number of nitrogens with zero attached hydrogens (tertiary/aromatic N) is 2. The lowest BCUT2D eigenvalue weighted by atomic mass is 10.2. The molecule has 4 rings (SSSR count). The minimum Gasteiger partial charge on any atom is -0.352 e. The Labute approximate surface area is 184 Å². The Kier molecular flexibility index (Phi) is 6.01. The molecular formula is C21H21FN6O3S. The number of hydrogen-bond donors (Lipinski definition) is 4. The van der Waals surface area contributed by atoms with Crippen molar-refractivity contribution in [2.75, 3.05) is 10.6 Å². The summed E-state index contributed by atoms with van der Waals surface area (Å²) in [6.07, 6.45) is 2.87. The molecule has 0 radical (unpaired) electrons. The summed E-state index contributed by atoms with van der Waals surface area (Å²) in [6, 6.07) is 13.0. The van der Waals surface area contributed by atoms with Gasteiger partial charge in [-0.05, 0) is 48.7 Å². The highest BCUT2D eigenvalue weighted by Gasteiger charge is 2.29. The highest BCUT2D eigenvalue weighted by Crippen LogP contribution is 2.29. The van der Waals surface area contributed by atoms with Crippen molar-refractivity contribution in [2.24, 2.45) is 11.1 Å². The van der Waals surface area contributed by atoms with Crippen LogP contribution in [0.15, 0.2) is 59.6 Å². The average Bonchev–Trinajstić information content (AvgIpc) is 3.60. The second kappa shape index (κ2) is 8.89. The first-order chi connectivity index (χ1) is 15.3. The molecule has 0 aliphatic heterocycles. The van der Waals surface area contributed by atoms with Gasteiger partial charge in [0, 0.05) is 23.8 Å². The zero-order valence-electron chi connectivity index (χ0n) is 16.9. The molecule has 1 saturated carbocycles. The highest BCUT2D eigenvalue weighted by atomic mass is 32.2. The molecule has 0 atom stereocenters. The standard InChI is InChI=1S/C21H21FN6O3S/c22-18-12-25-21(27-16-5-2-6-17(10-16)32(23,30)31)28-19(18)26-15-4-1-3-13(9-15)11-24-20(29)14-7-8-14/h1-6,9-10,12,14H,7-8,11H2,(H,24,29)(H2,23,30,31)(H2,25,26,27,28). The van der Waals surface area contributed by atoms with Crippen LogP contribution in [0.4, 0.5) is 27.5 Å². The number of primary sulfonamides is 1. The smallest absolute Gasteiger partial charge is 0.238 e. The van der Waals surface area contributed by atoms with E-state index >= 15 is 0 Å². The van der Waals surface area contributed by atoms with Gasteiger partial charge in [0.25, 0.3) is 0 Å². The number of benzene rings is 2. The fraction of sp³-hybridized carbons (Fsp3) is 0.190. The number of rotatable bonds is 8. The lowest BCUT2D eigenvalue weighted by Gasteiger charge is -2.11. The topological polar surface area (TPSA) is 139 Å². The van der Waals surface area contributed by atoms with Crippen LogP contribution in [0.2, 0.25) is 0 Å². The SMILES string of the molecule is NS(=O)(=O)c1cccc(Nc2ncc(F)c(Nc3cccc(CNC(=O)C4CC4)c3)n2)c1. The first kappa shape index (κ1) is 21.7. The first-order valence-corrected chi connectivity index (χ1v) is 11.4. The largest absolute Gasteiger partial charge is 0.352 e. The lowest BCUT2D eigenvalue weighted by Crippen LogP contribution is -2.24. The van der Waals surface area contributed by atoms with E-state index < -0.39 is 15.8 Å². The molecule has 1 aliphatic carbocycles. The van der Waals surface area contributed by atoms with Crippen LogP contribution in [0.5, 0.6) is 0 Å². The fourth-order valence-electron chi connectivity index (χ4n) is 2.97. The van der Waals surface area contributed by atoms with Crippen molar-refractivity contribution >= 4 is 39.1 Å². The Balaban J connectivity index is 1.47. The fourth-order valence-corrected chi connectivity index (χ4v) is 3.53. The molecule has 1 amide bonds. The zero-order chi connectivity index (χ0) is 22.7. The van der Waals surface area contributed by atoms with Crippen LogP contribution in [0.3, 0.4) is 0 Å². The Bertz CT molecular complexity index is 1260. The molecule has 0 spiro atoms. The number of amides is 1. The number of halogens is 1. The van der Waals surface area contributed by atoms with Crippen molar-refractivity contribution in [3.63, 3.8) is 0 Å². The second-order valence-electron chi connectivity index (χ2n) is 7.41. The quantitative estimate of drug-likeness (QED) is 0.409. The summed E-state index contributed by atoms with van der Waals surface area (Å²) in [6.45, 7) is 0.379. The summed E-state index contributed by atoms with van der Waals surface area (Å²) < 4.78 is 37.3. The lowest BCUT2D eigenvalue weighted by molar-refractivity contribution is -0.122. The maximum absolute atomic E-state index is 14.3. The Morgan fingerprint density at radius 2 is 1.81 bits per heavy atom. The third-order valence-electron chi connectivity index (χ3n) is 4.77. The van der Waals surface area contributed by atoms with Gasteiger partial charge in [0.05, 0.1) is 11.1 Å². The van der Waals surface area contributed by atoms with Crippen LogP contribution >= 0.6 is 0 Å². The molecular weight excluding hydrogens is 435 g/mol. The van der Waals surface area contributed by atoms with Gasteiger partial charge >= 0.3 is 0 Å². The summed E-state index contributed by atoms with van der Waals surface area (Å²) >= 11 is 0. The number of hydrogen-bond acceptors (Lipinski definition) is 7. The van der Waals surface area contributed by atoms with E-state index in [1.165, 1.54) is 18.2 Å². The molecule has 3 aromatic rings. The van der Waals surface area contributed by atoms with Crippen molar-refractivity contribution in [2.45, 2.75) is 24.3 Å². The Morgan fingerprint density at radius 1 is 1.09 bits per heavy atom. The maximum atomic E-state index is 14.3. The van der Waals surface area contributed by atoms with Gasteiger partial charge in [0.2, 0.25) is 21.9 Å². The van der Waals surface area contributed by atoms with Crippen molar-refractivity contribution in [3.8, 4) is 0 Å². The number of anilines is 4. The van der Waals surface area contributed by atoms with Gasteiger partial charge in [-0.3, -0.25) is 4.79 Å². The number of sulfonamides is 1. The van der Waals surface area contributed by atoms with Gasteiger partial charge in [-0.1, -0.05) is 18.2 Å². The van der Waals surface area contributed by atoms with Crippen LogP contribution in [-0.4, -0.2) is 24.3 Å². The number of carbonyl (C=O) groups excluding carboxylic acids is 1.